The van der Waals surface area contributed by atoms with E-state index in [1.165, 1.54) is 28.4 Å². The number of aliphatic hydroxyl groups is 1. The summed E-state index contributed by atoms with van der Waals surface area (Å²) in [6.07, 6.45) is 3.67. The summed E-state index contributed by atoms with van der Waals surface area (Å²) in [4.78, 5) is 58.7. The lowest BCUT2D eigenvalue weighted by atomic mass is 9.99. The van der Waals surface area contributed by atoms with Gasteiger partial charge in [-0.1, -0.05) is 42.5 Å². The number of aliphatic hydroxyl groups excluding tert-OH is 1. The third-order valence-electron chi connectivity index (χ3n) is 7.21. The lowest BCUT2D eigenvalue weighted by molar-refractivity contribution is -0.147. The van der Waals surface area contributed by atoms with Gasteiger partial charge >= 0.3 is 0 Å². The average molecular weight is 668 g/mol. The molecular formula is C33H41N5O6S2. The Morgan fingerprint density at radius 3 is 2.57 bits per heavy atom. The summed E-state index contributed by atoms with van der Waals surface area (Å²) < 4.78 is 5.78. The van der Waals surface area contributed by atoms with Gasteiger partial charge in [0.2, 0.25) is 11.8 Å². The molecule has 0 aliphatic carbocycles. The molecule has 3 aromatic rings. The van der Waals surface area contributed by atoms with Crippen molar-refractivity contribution in [1.29, 1.82) is 0 Å². The Morgan fingerprint density at radius 2 is 1.85 bits per heavy atom. The summed E-state index contributed by atoms with van der Waals surface area (Å²) in [5.41, 5.74) is 0.303. The first-order chi connectivity index (χ1) is 22.0. The molecular weight excluding hydrogens is 627 g/mol. The highest BCUT2D eigenvalue weighted by molar-refractivity contribution is 7.99. The minimum Gasteiger partial charge on any atom is -0.483 e. The van der Waals surface area contributed by atoms with Crippen molar-refractivity contribution < 1.29 is 29.0 Å². The molecule has 1 unspecified atom stereocenters. The second-order valence-corrected chi connectivity index (χ2v) is 13.9. The van der Waals surface area contributed by atoms with Crippen LogP contribution in [0.4, 0.5) is 0 Å². The van der Waals surface area contributed by atoms with E-state index in [-0.39, 0.29) is 30.6 Å². The first-order valence-corrected chi connectivity index (χ1v) is 17.5. The van der Waals surface area contributed by atoms with Crippen molar-refractivity contribution in [1.82, 2.24) is 25.8 Å². The number of carbonyl (C=O) groups excluding carboxylic acids is 4. The molecule has 1 saturated heterocycles. The van der Waals surface area contributed by atoms with Crippen LogP contribution >= 0.6 is 23.5 Å². The SMILES string of the molecule is CSCC(NC(=O)COc1cccc2cnccc12)C(=O)N[C@@H](Cc1ccccc1)[C@H](O)C(=O)N1CSC[C@H]1C(=O)NC(C)(C)C. The molecule has 0 spiro atoms. The maximum atomic E-state index is 13.7. The van der Waals surface area contributed by atoms with Gasteiger partial charge < -0.3 is 30.7 Å². The smallest absolute Gasteiger partial charge is 0.258 e. The monoisotopic (exact) mass is 667 g/mol. The maximum Gasteiger partial charge on any atom is 0.258 e. The van der Waals surface area contributed by atoms with Gasteiger partial charge in [0.1, 0.15) is 17.8 Å². The summed E-state index contributed by atoms with van der Waals surface area (Å²) in [5, 5.41) is 21.5. The Morgan fingerprint density at radius 1 is 1.09 bits per heavy atom. The van der Waals surface area contributed by atoms with Crippen LogP contribution in [0.1, 0.15) is 26.3 Å². The van der Waals surface area contributed by atoms with E-state index in [2.05, 4.69) is 20.9 Å². The van der Waals surface area contributed by atoms with Crippen molar-refractivity contribution in [2.45, 2.75) is 57.0 Å². The number of rotatable bonds is 13. The van der Waals surface area contributed by atoms with Gasteiger partial charge in [-0.05, 0) is 51.1 Å². The number of pyridine rings is 1. The molecule has 246 valence electrons. The van der Waals surface area contributed by atoms with E-state index < -0.39 is 47.5 Å². The Hall–Kier alpha value is -3.81. The van der Waals surface area contributed by atoms with Gasteiger partial charge in [0, 0.05) is 40.2 Å². The first-order valence-electron chi connectivity index (χ1n) is 14.9. The Labute approximate surface area is 277 Å². The summed E-state index contributed by atoms with van der Waals surface area (Å²) >= 11 is 2.78. The standard InChI is InChI=1S/C33H41N5O6S2/c1-33(2,3)37-31(42)26-19-46-20-38(26)32(43)29(40)24(15-21-9-6-5-7-10-21)36-30(41)25(18-45-4)35-28(39)17-44-27-12-8-11-22-16-34-14-13-23(22)27/h5-14,16,24-26,29,40H,15,17-20H2,1-4H3,(H,35,39)(H,36,41)(H,37,42)/t24-,25?,26-,29-/m0/s1. The molecule has 4 rings (SSSR count). The molecule has 4 atom stereocenters. The second-order valence-electron chi connectivity index (χ2n) is 12.0. The number of thioether (sulfide) groups is 2. The van der Waals surface area contributed by atoms with Gasteiger partial charge in [0.15, 0.2) is 12.7 Å². The van der Waals surface area contributed by atoms with E-state index in [9.17, 15) is 24.3 Å². The van der Waals surface area contributed by atoms with Gasteiger partial charge in [-0.25, -0.2) is 0 Å². The Bertz CT molecular complexity index is 1510. The zero-order valence-corrected chi connectivity index (χ0v) is 28.0. The molecule has 11 nitrogen and oxygen atoms in total. The molecule has 0 radical (unpaired) electrons. The summed E-state index contributed by atoms with van der Waals surface area (Å²) in [6, 6.07) is 13.7. The van der Waals surface area contributed by atoms with Crippen LogP contribution < -0.4 is 20.7 Å². The van der Waals surface area contributed by atoms with E-state index in [0.29, 0.717) is 11.5 Å². The van der Waals surface area contributed by atoms with E-state index in [1.54, 1.807) is 36.8 Å². The third kappa shape index (κ3) is 9.60. The Kier molecular flexibility index (Phi) is 12.3. The zero-order valence-electron chi connectivity index (χ0n) is 26.4. The largest absolute Gasteiger partial charge is 0.483 e. The van der Waals surface area contributed by atoms with Crippen molar-refractivity contribution in [3.63, 3.8) is 0 Å². The number of nitrogens with one attached hydrogen (secondary N) is 3. The fourth-order valence-corrected chi connectivity index (χ4v) is 6.74. The molecule has 2 aromatic carbocycles. The van der Waals surface area contributed by atoms with Crippen molar-refractivity contribution in [2.75, 3.05) is 30.2 Å². The van der Waals surface area contributed by atoms with E-state index in [1.807, 2.05) is 57.2 Å². The zero-order chi connectivity index (χ0) is 33.3. The van der Waals surface area contributed by atoms with Gasteiger partial charge in [-0.15, -0.1) is 11.8 Å². The van der Waals surface area contributed by atoms with Crippen LogP contribution in [0, 0.1) is 0 Å². The molecule has 13 heteroatoms. The summed E-state index contributed by atoms with van der Waals surface area (Å²) in [6.45, 7) is 5.25. The molecule has 46 heavy (non-hydrogen) atoms. The average Bonchev–Trinajstić information content (AvgIpc) is 3.53. The number of benzene rings is 2. The summed E-state index contributed by atoms with van der Waals surface area (Å²) in [7, 11) is 0. The van der Waals surface area contributed by atoms with E-state index in [4.69, 9.17) is 4.74 Å². The minimum absolute atomic E-state index is 0.151. The van der Waals surface area contributed by atoms with Crippen molar-refractivity contribution in [2.24, 2.45) is 0 Å². The van der Waals surface area contributed by atoms with Gasteiger partial charge in [0.25, 0.3) is 11.8 Å². The number of fused-ring (bicyclic) bond motifs is 1. The van der Waals surface area contributed by atoms with Gasteiger partial charge in [0.05, 0.1) is 11.9 Å². The molecule has 1 aliphatic heterocycles. The molecule has 4 amide bonds. The highest BCUT2D eigenvalue weighted by Crippen LogP contribution is 2.25. The van der Waals surface area contributed by atoms with Gasteiger partial charge in [-0.2, -0.15) is 11.8 Å². The lowest BCUT2D eigenvalue weighted by Crippen LogP contribution is -2.59. The molecule has 4 N–H and O–H groups in total. The minimum atomic E-state index is -1.64. The van der Waals surface area contributed by atoms with Crippen molar-refractivity contribution in [3.8, 4) is 5.75 Å². The predicted octanol–water partition coefficient (Wildman–Crippen LogP) is 2.37. The van der Waals surface area contributed by atoms with E-state index >= 15 is 0 Å². The van der Waals surface area contributed by atoms with Crippen molar-refractivity contribution in [3.05, 3.63) is 72.6 Å². The Balaban J connectivity index is 1.46. The highest BCUT2D eigenvalue weighted by Gasteiger charge is 2.41. The number of hydrogen-bond donors (Lipinski definition) is 4. The number of nitrogens with zero attached hydrogens (tertiary/aromatic N) is 2. The van der Waals surface area contributed by atoms with Crippen LogP contribution in [0.3, 0.4) is 0 Å². The van der Waals surface area contributed by atoms with Crippen LogP contribution in [0.25, 0.3) is 10.8 Å². The number of amides is 4. The molecule has 2 heterocycles. The highest BCUT2D eigenvalue weighted by atomic mass is 32.2. The number of hydrogen-bond acceptors (Lipinski definition) is 9. The van der Waals surface area contributed by atoms with Crippen LogP contribution in [0.15, 0.2) is 67.0 Å². The second kappa shape index (κ2) is 16.1. The van der Waals surface area contributed by atoms with Gasteiger partial charge in [-0.3, -0.25) is 24.2 Å². The fraction of sp³-hybridized carbons (Fsp3) is 0.424. The maximum absolute atomic E-state index is 13.7. The topological polar surface area (TPSA) is 150 Å². The van der Waals surface area contributed by atoms with Crippen LogP contribution in [0.5, 0.6) is 5.75 Å². The van der Waals surface area contributed by atoms with Crippen LogP contribution in [0.2, 0.25) is 0 Å². The predicted molar refractivity (Wildman–Crippen MR) is 181 cm³/mol. The normalized spacial score (nSPS) is 16.7. The first kappa shape index (κ1) is 35.1. The fourth-order valence-electron chi connectivity index (χ4n) is 5.01. The van der Waals surface area contributed by atoms with Crippen LogP contribution in [-0.4, -0.2) is 98.6 Å². The third-order valence-corrected chi connectivity index (χ3v) is 8.89. The summed E-state index contributed by atoms with van der Waals surface area (Å²) in [5.74, 6) is -0.602. The lowest BCUT2D eigenvalue weighted by Gasteiger charge is -2.32. The van der Waals surface area contributed by atoms with Crippen LogP contribution in [-0.2, 0) is 25.6 Å². The van der Waals surface area contributed by atoms with Crippen molar-refractivity contribution >= 4 is 57.9 Å². The number of ether oxygens (including phenoxy) is 1. The molecule has 1 aliphatic rings. The quantitative estimate of drug-likeness (QED) is 0.216. The molecule has 0 saturated carbocycles. The molecule has 0 bridgehead atoms. The number of carbonyl (C=O) groups is 4. The molecule has 1 fully saturated rings. The number of aromatic nitrogens is 1. The van der Waals surface area contributed by atoms with E-state index in [0.717, 1.165) is 16.3 Å². The molecule has 1 aromatic heterocycles.